The minimum absolute atomic E-state index is 0.261. The van der Waals surface area contributed by atoms with Crippen molar-refractivity contribution < 1.29 is 14.3 Å². The summed E-state index contributed by atoms with van der Waals surface area (Å²) in [5, 5.41) is 17.7. The van der Waals surface area contributed by atoms with Gasteiger partial charge in [-0.2, -0.15) is 4.68 Å². The summed E-state index contributed by atoms with van der Waals surface area (Å²) in [5.41, 5.74) is 4.72. The number of hydrogen-bond donors (Lipinski definition) is 3. The molecule has 13 heteroatoms. The Morgan fingerprint density at radius 3 is 2.79 bits per heavy atom. The fourth-order valence-corrected chi connectivity index (χ4v) is 5.13. The van der Waals surface area contributed by atoms with Crippen molar-refractivity contribution in [3.63, 3.8) is 0 Å². The average Bonchev–Trinajstić information content (AvgIpc) is 3.70. The molecule has 12 nitrogen and oxygen atoms in total. The van der Waals surface area contributed by atoms with Crippen LogP contribution in [0, 0.1) is 0 Å². The molecule has 4 aromatic rings. The van der Waals surface area contributed by atoms with E-state index in [9.17, 15) is 9.59 Å². The summed E-state index contributed by atoms with van der Waals surface area (Å²) in [5.74, 6) is 0.414. The van der Waals surface area contributed by atoms with Crippen molar-refractivity contribution >= 4 is 41.1 Å². The summed E-state index contributed by atoms with van der Waals surface area (Å²) >= 11 is 6.22. The van der Waals surface area contributed by atoms with Gasteiger partial charge in [-0.05, 0) is 65.7 Å². The second-order valence-electron chi connectivity index (χ2n) is 10.0. The number of fused-ring (bicyclic) bond motifs is 4. The molecule has 3 N–H and O–H groups in total. The number of aromatic amines is 1. The standard InChI is InChI=1S/C29H32ClN9O3/c1-38-14-6-4-3-5-7-23(28-31-17-24(35-28)22-11-10-21(16-26(22)38)33-29(41)42-2)34-27(40)13-8-19-15-20(30)9-12-25(19)39-18-32-36-37-39/h8-13,15-18,23H,3-7,14H2,1-2H3,(H,31,35)(H,33,41)(H,34,40)/b13-8+/t23-/m0/s1. The number of anilines is 2. The summed E-state index contributed by atoms with van der Waals surface area (Å²) in [6.45, 7) is 0.858. The number of amides is 2. The van der Waals surface area contributed by atoms with Crippen molar-refractivity contribution in [1.29, 1.82) is 0 Å². The van der Waals surface area contributed by atoms with E-state index in [-0.39, 0.29) is 11.9 Å². The highest BCUT2D eigenvalue weighted by molar-refractivity contribution is 6.30. The van der Waals surface area contributed by atoms with Crippen LogP contribution >= 0.6 is 11.6 Å². The van der Waals surface area contributed by atoms with Gasteiger partial charge in [-0.25, -0.2) is 9.78 Å². The zero-order chi connectivity index (χ0) is 29.5. The topological polar surface area (TPSA) is 143 Å². The summed E-state index contributed by atoms with van der Waals surface area (Å²) in [7, 11) is 3.37. The number of carbonyl (C=O) groups excluding carboxylic acids is 2. The minimum atomic E-state index is -0.527. The average molecular weight is 590 g/mol. The quantitative estimate of drug-likeness (QED) is 0.271. The van der Waals surface area contributed by atoms with Gasteiger partial charge in [-0.3, -0.25) is 10.1 Å². The largest absolute Gasteiger partial charge is 0.453 e. The van der Waals surface area contributed by atoms with Gasteiger partial charge < -0.3 is 19.9 Å². The second-order valence-corrected chi connectivity index (χ2v) is 10.4. The van der Waals surface area contributed by atoms with Crippen LogP contribution in [0.2, 0.25) is 5.02 Å². The number of halogens is 1. The number of benzene rings is 2. The predicted molar refractivity (Wildman–Crippen MR) is 160 cm³/mol. The molecule has 218 valence electrons. The number of hydrogen-bond acceptors (Lipinski definition) is 8. The van der Waals surface area contributed by atoms with Gasteiger partial charge in [-0.15, -0.1) is 5.10 Å². The third-order valence-corrected chi connectivity index (χ3v) is 7.34. The van der Waals surface area contributed by atoms with E-state index in [0.29, 0.717) is 27.8 Å². The number of carbonyl (C=O) groups is 2. The van der Waals surface area contributed by atoms with Crippen LogP contribution in [0.15, 0.2) is 55.0 Å². The van der Waals surface area contributed by atoms with E-state index in [1.165, 1.54) is 24.2 Å². The lowest BCUT2D eigenvalue weighted by atomic mass is 10.1. The van der Waals surface area contributed by atoms with Crippen LogP contribution < -0.4 is 15.5 Å². The molecule has 2 aromatic carbocycles. The van der Waals surface area contributed by atoms with Crippen molar-refractivity contribution in [3.8, 4) is 16.9 Å². The van der Waals surface area contributed by atoms with Crippen molar-refractivity contribution in [2.45, 2.75) is 38.1 Å². The van der Waals surface area contributed by atoms with Gasteiger partial charge in [-0.1, -0.05) is 30.9 Å². The lowest BCUT2D eigenvalue weighted by molar-refractivity contribution is -0.117. The maximum absolute atomic E-state index is 13.1. The Labute approximate surface area is 248 Å². The van der Waals surface area contributed by atoms with Gasteiger partial charge in [0.1, 0.15) is 12.2 Å². The number of imidazole rings is 1. The maximum atomic E-state index is 13.1. The van der Waals surface area contributed by atoms with Gasteiger partial charge in [0.2, 0.25) is 5.91 Å². The smallest absolute Gasteiger partial charge is 0.411 e. The van der Waals surface area contributed by atoms with Gasteiger partial charge in [0.05, 0.1) is 30.7 Å². The number of rotatable bonds is 5. The highest BCUT2D eigenvalue weighted by Crippen LogP contribution is 2.34. The molecule has 0 unspecified atom stereocenters. The van der Waals surface area contributed by atoms with E-state index in [0.717, 1.165) is 55.6 Å². The lowest BCUT2D eigenvalue weighted by Gasteiger charge is -2.23. The Morgan fingerprint density at radius 1 is 1.12 bits per heavy atom. The molecule has 0 saturated heterocycles. The molecule has 42 heavy (non-hydrogen) atoms. The molecule has 2 bridgehead atoms. The maximum Gasteiger partial charge on any atom is 0.411 e. The van der Waals surface area contributed by atoms with E-state index in [2.05, 4.69) is 41.0 Å². The van der Waals surface area contributed by atoms with E-state index in [4.69, 9.17) is 16.3 Å². The Kier molecular flexibility index (Phi) is 9.12. The van der Waals surface area contributed by atoms with Crippen LogP contribution in [0.1, 0.15) is 49.5 Å². The fourth-order valence-electron chi connectivity index (χ4n) is 4.95. The number of H-pyrrole nitrogens is 1. The van der Waals surface area contributed by atoms with Crippen LogP contribution in [-0.2, 0) is 9.53 Å². The van der Waals surface area contributed by atoms with E-state index >= 15 is 0 Å². The lowest BCUT2D eigenvalue weighted by Crippen LogP contribution is -2.27. The molecule has 1 atom stereocenters. The number of tetrazole rings is 1. The van der Waals surface area contributed by atoms with E-state index in [1.54, 1.807) is 30.5 Å². The summed E-state index contributed by atoms with van der Waals surface area (Å²) < 4.78 is 6.26. The second kappa shape index (κ2) is 13.3. The highest BCUT2D eigenvalue weighted by Gasteiger charge is 2.20. The fraction of sp³-hybridized carbons (Fsp3) is 0.310. The molecule has 2 aromatic heterocycles. The molecular weight excluding hydrogens is 558 g/mol. The van der Waals surface area contributed by atoms with Crippen LogP contribution in [0.3, 0.4) is 0 Å². The molecule has 0 radical (unpaired) electrons. The van der Waals surface area contributed by atoms with Crippen LogP contribution in [0.25, 0.3) is 23.0 Å². The van der Waals surface area contributed by atoms with Gasteiger partial charge in [0.25, 0.3) is 0 Å². The molecular formula is C29H32ClN9O3. The molecule has 0 spiro atoms. The molecule has 0 fully saturated rings. The third kappa shape index (κ3) is 6.95. The molecule has 0 saturated carbocycles. The first-order chi connectivity index (χ1) is 20.4. The van der Waals surface area contributed by atoms with Crippen LogP contribution in [0.5, 0.6) is 0 Å². The van der Waals surface area contributed by atoms with Gasteiger partial charge in [0, 0.05) is 47.2 Å². The van der Waals surface area contributed by atoms with E-state index in [1.807, 2.05) is 25.2 Å². The number of nitrogens with zero attached hydrogens (tertiary/aromatic N) is 6. The van der Waals surface area contributed by atoms with Crippen molar-refractivity contribution in [3.05, 3.63) is 71.4 Å². The summed E-state index contributed by atoms with van der Waals surface area (Å²) in [6, 6.07) is 10.7. The molecule has 5 rings (SSSR count). The molecule has 2 amide bonds. The molecule has 1 aliphatic rings. The normalized spacial score (nSPS) is 15.7. The Morgan fingerprint density at radius 2 is 1.98 bits per heavy atom. The highest BCUT2D eigenvalue weighted by atomic mass is 35.5. The number of methoxy groups -OCH3 is 1. The number of nitrogens with one attached hydrogen (secondary N) is 3. The van der Waals surface area contributed by atoms with E-state index < -0.39 is 6.09 Å². The predicted octanol–water partition coefficient (Wildman–Crippen LogP) is 5.16. The van der Waals surface area contributed by atoms with Crippen molar-refractivity contribution in [2.24, 2.45) is 0 Å². The van der Waals surface area contributed by atoms with Crippen LogP contribution in [0.4, 0.5) is 16.2 Å². The number of aromatic nitrogens is 6. The van der Waals surface area contributed by atoms with Crippen LogP contribution in [-0.4, -0.2) is 62.9 Å². The van der Waals surface area contributed by atoms with Crippen molar-refractivity contribution in [1.82, 2.24) is 35.5 Å². The first kappa shape index (κ1) is 28.8. The monoisotopic (exact) mass is 589 g/mol. The number of ether oxygens (including phenoxy) is 1. The van der Waals surface area contributed by atoms with Gasteiger partial charge >= 0.3 is 6.09 Å². The Balaban J connectivity index is 1.39. The van der Waals surface area contributed by atoms with Gasteiger partial charge in [0.15, 0.2) is 0 Å². The summed E-state index contributed by atoms with van der Waals surface area (Å²) in [6.07, 6.45) is 10.7. The minimum Gasteiger partial charge on any atom is -0.453 e. The molecule has 3 heterocycles. The Bertz CT molecular complexity index is 1570. The molecule has 0 aliphatic carbocycles. The SMILES string of the molecule is COC(=O)Nc1ccc2c(c1)N(C)CCCCCC[C@H](NC(=O)/C=C/c1cc(Cl)ccc1-n1cnnn1)c1ncc-2[nH]1. The zero-order valence-corrected chi connectivity index (χ0v) is 24.1. The van der Waals surface area contributed by atoms with Crippen molar-refractivity contribution in [2.75, 3.05) is 30.9 Å². The first-order valence-electron chi connectivity index (χ1n) is 13.7. The molecule has 1 aliphatic heterocycles. The third-order valence-electron chi connectivity index (χ3n) is 7.11. The zero-order valence-electron chi connectivity index (χ0n) is 23.4. The Hall–Kier alpha value is -4.71. The summed E-state index contributed by atoms with van der Waals surface area (Å²) in [4.78, 5) is 35.2. The first-order valence-corrected chi connectivity index (χ1v) is 14.1.